The van der Waals surface area contributed by atoms with Gasteiger partial charge >= 0.3 is 6.18 Å². The van der Waals surface area contributed by atoms with E-state index in [0.29, 0.717) is 11.3 Å². The highest BCUT2D eigenvalue weighted by Crippen LogP contribution is 2.32. The fourth-order valence-electron chi connectivity index (χ4n) is 4.38. The highest BCUT2D eigenvalue weighted by Gasteiger charge is 2.30. The second kappa shape index (κ2) is 8.86. The highest BCUT2D eigenvalue weighted by molar-refractivity contribution is 5.74. The van der Waals surface area contributed by atoms with Gasteiger partial charge in [0.25, 0.3) is 0 Å². The quantitative estimate of drug-likeness (QED) is 0.413. The largest absolute Gasteiger partial charge is 0.416 e. The number of fused-ring (bicyclic) bond motifs is 1. The van der Waals surface area contributed by atoms with Crippen molar-refractivity contribution in [1.29, 1.82) is 0 Å². The van der Waals surface area contributed by atoms with Crippen molar-refractivity contribution in [1.82, 2.24) is 24.8 Å². The van der Waals surface area contributed by atoms with Gasteiger partial charge in [-0.05, 0) is 49.2 Å². The van der Waals surface area contributed by atoms with Crippen molar-refractivity contribution in [2.75, 3.05) is 13.1 Å². The average Bonchev–Trinajstić information content (AvgIpc) is 2.84. The molecule has 33 heavy (non-hydrogen) atoms. The Kier molecular flexibility index (Phi) is 5.76. The Morgan fingerprint density at radius 2 is 1.82 bits per heavy atom. The fourth-order valence-corrected chi connectivity index (χ4v) is 4.38. The van der Waals surface area contributed by atoms with Gasteiger partial charge in [0.05, 0.1) is 34.2 Å². The lowest BCUT2D eigenvalue weighted by atomic mass is 9.94. The maximum atomic E-state index is 13.1. The third-order valence-corrected chi connectivity index (χ3v) is 6.00. The van der Waals surface area contributed by atoms with Crippen LogP contribution in [0.25, 0.3) is 22.3 Å². The van der Waals surface area contributed by atoms with Crippen molar-refractivity contribution in [3.8, 4) is 11.3 Å². The Hall–Kier alpha value is -3.39. The first-order valence-corrected chi connectivity index (χ1v) is 10.9. The zero-order valence-electron chi connectivity index (χ0n) is 17.8. The number of rotatable bonds is 4. The Balaban J connectivity index is 1.33. The predicted molar refractivity (Wildman–Crippen MR) is 119 cm³/mol. The third kappa shape index (κ3) is 4.85. The second-order valence-electron chi connectivity index (χ2n) is 8.36. The van der Waals surface area contributed by atoms with Crippen LogP contribution in [-0.4, -0.2) is 37.9 Å². The van der Waals surface area contributed by atoms with Crippen LogP contribution >= 0.6 is 0 Å². The SMILES string of the molecule is FC(F)(F)c1cccc(-c2cncc(C3CCCN(Cc4ccc5nccnc5c4)C3)n2)c1. The highest BCUT2D eigenvalue weighted by atomic mass is 19.4. The Labute approximate surface area is 189 Å². The van der Waals surface area contributed by atoms with E-state index in [-0.39, 0.29) is 5.92 Å². The van der Waals surface area contributed by atoms with Crippen LogP contribution in [0.2, 0.25) is 0 Å². The maximum absolute atomic E-state index is 13.1. The summed E-state index contributed by atoms with van der Waals surface area (Å²) in [5, 5.41) is 0. The van der Waals surface area contributed by atoms with E-state index in [1.807, 2.05) is 6.07 Å². The van der Waals surface area contributed by atoms with E-state index in [2.05, 4.69) is 32.0 Å². The normalized spacial score (nSPS) is 17.4. The van der Waals surface area contributed by atoms with Crippen molar-refractivity contribution < 1.29 is 13.2 Å². The molecule has 1 fully saturated rings. The number of benzene rings is 2. The topological polar surface area (TPSA) is 54.8 Å². The van der Waals surface area contributed by atoms with Crippen LogP contribution < -0.4 is 0 Å². The standard InChI is InChI=1S/C25H22F3N5/c26-25(27,28)20-5-1-3-18(12-20)23-13-29-14-24(32-23)19-4-2-10-33(16-19)15-17-6-7-21-22(11-17)31-9-8-30-21/h1,3,5-9,11-14,19H,2,4,10,15-16H2. The van der Waals surface area contributed by atoms with E-state index < -0.39 is 11.7 Å². The Morgan fingerprint density at radius 1 is 0.970 bits per heavy atom. The van der Waals surface area contributed by atoms with E-state index in [1.54, 1.807) is 24.7 Å². The number of hydrogen-bond donors (Lipinski definition) is 0. The molecule has 0 N–H and O–H groups in total. The van der Waals surface area contributed by atoms with Crippen molar-refractivity contribution in [3.05, 3.63) is 84.1 Å². The minimum atomic E-state index is -4.39. The molecular weight excluding hydrogens is 427 g/mol. The molecule has 8 heteroatoms. The number of halogens is 3. The number of nitrogens with zero attached hydrogens (tertiary/aromatic N) is 5. The first-order valence-electron chi connectivity index (χ1n) is 10.9. The molecule has 1 saturated heterocycles. The molecule has 0 saturated carbocycles. The number of hydrogen-bond acceptors (Lipinski definition) is 5. The summed E-state index contributed by atoms with van der Waals surface area (Å²) >= 11 is 0. The molecule has 4 aromatic rings. The van der Waals surface area contributed by atoms with Gasteiger partial charge in [-0.25, -0.2) is 4.98 Å². The summed E-state index contributed by atoms with van der Waals surface area (Å²) in [6, 6.07) is 11.4. The van der Waals surface area contributed by atoms with Crippen molar-refractivity contribution in [3.63, 3.8) is 0 Å². The summed E-state index contributed by atoms with van der Waals surface area (Å²) in [6.45, 7) is 2.60. The maximum Gasteiger partial charge on any atom is 0.416 e. The zero-order chi connectivity index (χ0) is 22.8. The van der Waals surface area contributed by atoms with Crippen LogP contribution in [0.15, 0.2) is 67.3 Å². The summed E-state index contributed by atoms with van der Waals surface area (Å²) < 4.78 is 39.3. The fraction of sp³-hybridized carbons (Fsp3) is 0.280. The summed E-state index contributed by atoms with van der Waals surface area (Å²) in [4.78, 5) is 20.1. The molecule has 2 aromatic carbocycles. The molecule has 0 radical (unpaired) electrons. The van der Waals surface area contributed by atoms with E-state index in [9.17, 15) is 13.2 Å². The van der Waals surface area contributed by atoms with E-state index in [1.165, 1.54) is 17.8 Å². The molecular formula is C25H22F3N5. The number of likely N-dealkylation sites (tertiary alicyclic amines) is 1. The Morgan fingerprint density at radius 3 is 2.67 bits per heavy atom. The van der Waals surface area contributed by atoms with E-state index >= 15 is 0 Å². The summed E-state index contributed by atoms with van der Waals surface area (Å²) in [5.41, 5.74) is 3.94. The second-order valence-corrected chi connectivity index (χ2v) is 8.36. The van der Waals surface area contributed by atoms with Crippen LogP contribution in [0.5, 0.6) is 0 Å². The van der Waals surface area contributed by atoms with Crippen LogP contribution in [0.4, 0.5) is 13.2 Å². The smallest absolute Gasteiger partial charge is 0.298 e. The molecule has 5 nitrogen and oxygen atoms in total. The van der Waals surface area contributed by atoms with Crippen molar-refractivity contribution in [2.45, 2.75) is 31.5 Å². The van der Waals surface area contributed by atoms with Crippen molar-refractivity contribution >= 4 is 11.0 Å². The Bertz CT molecular complexity index is 1270. The lowest BCUT2D eigenvalue weighted by Gasteiger charge is -2.32. The molecule has 1 atom stereocenters. The van der Waals surface area contributed by atoms with Crippen molar-refractivity contribution in [2.24, 2.45) is 0 Å². The minimum Gasteiger partial charge on any atom is -0.298 e. The summed E-state index contributed by atoms with van der Waals surface area (Å²) in [7, 11) is 0. The molecule has 0 spiro atoms. The van der Waals surface area contributed by atoms with Gasteiger partial charge in [0, 0.05) is 43.2 Å². The summed E-state index contributed by atoms with van der Waals surface area (Å²) in [6.07, 6.45) is 4.24. The molecule has 168 valence electrons. The van der Waals surface area contributed by atoms with E-state index in [4.69, 9.17) is 4.98 Å². The average molecular weight is 449 g/mol. The lowest BCUT2D eigenvalue weighted by Crippen LogP contribution is -2.34. The van der Waals surface area contributed by atoms with Gasteiger partial charge < -0.3 is 0 Å². The molecule has 0 amide bonds. The first kappa shape index (κ1) is 21.5. The van der Waals surface area contributed by atoms with Gasteiger partial charge in [-0.3, -0.25) is 19.9 Å². The first-order chi connectivity index (χ1) is 16.0. The summed E-state index contributed by atoms with van der Waals surface area (Å²) in [5.74, 6) is 0.178. The number of aromatic nitrogens is 4. The molecule has 2 aromatic heterocycles. The molecule has 1 unspecified atom stereocenters. The monoisotopic (exact) mass is 449 g/mol. The molecule has 0 bridgehead atoms. The molecule has 5 rings (SSSR count). The van der Waals surface area contributed by atoms with Crippen LogP contribution in [-0.2, 0) is 12.7 Å². The van der Waals surface area contributed by atoms with Gasteiger partial charge in [-0.2, -0.15) is 13.2 Å². The van der Waals surface area contributed by atoms with Crippen LogP contribution in [0.3, 0.4) is 0 Å². The van der Waals surface area contributed by atoms with Gasteiger partial charge in [-0.15, -0.1) is 0 Å². The van der Waals surface area contributed by atoms with Gasteiger partial charge in [0.15, 0.2) is 0 Å². The predicted octanol–water partition coefficient (Wildman–Crippen LogP) is 5.49. The lowest BCUT2D eigenvalue weighted by molar-refractivity contribution is -0.137. The number of alkyl halides is 3. The van der Waals surface area contributed by atoms with Gasteiger partial charge in [-0.1, -0.05) is 18.2 Å². The molecule has 3 heterocycles. The number of piperidine rings is 1. The minimum absolute atomic E-state index is 0.178. The van der Waals surface area contributed by atoms with Crippen LogP contribution in [0.1, 0.15) is 35.6 Å². The van der Waals surface area contributed by atoms with E-state index in [0.717, 1.165) is 61.3 Å². The van der Waals surface area contributed by atoms with Crippen LogP contribution in [0, 0.1) is 0 Å². The molecule has 0 aliphatic carbocycles. The van der Waals surface area contributed by atoms with Gasteiger partial charge in [0.1, 0.15) is 0 Å². The molecule has 1 aliphatic rings. The van der Waals surface area contributed by atoms with Gasteiger partial charge in [0.2, 0.25) is 0 Å². The third-order valence-electron chi connectivity index (χ3n) is 6.00. The molecule has 1 aliphatic heterocycles. The zero-order valence-corrected chi connectivity index (χ0v) is 17.8.